The van der Waals surface area contributed by atoms with Crippen molar-refractivity contribution < 1.29 is 9.21 Å². The number of rotatable bonds is 4. The molecule has 1 N–H and O–H groups in total. The second kappa shape index (κ2) is 6.96. The number of aryl methyl sites for hydroxylation is 1. The van der Waals surface area contributed by atoms with Crippen LogP contribution in [0.4, 0.5) is 5.69 Å². The smallest absolute Gasteiger partial charge is 0.256 e. The molecule has 0 bridgehead atoms. The number of anilines is 1. The minimum absolute atomic E-state index is 0.117. The summed E-state index contributed by atoms with van der Waals surface area (Å²) in [6, 6.07) is 11.4. The van der Waals surface area contributed by atoms with Crippen molar-refractivity contribution in [3.63, 3.8) is 0 Å². The Morgan fingerprint density at radius 3 is 2.71 bits per heavy atom. The number of hydrogen-bond donors (Lipinski definition) is 1. The third kappa shape index (κ3) is 3.07. The van der Waals surface area contributed by atoms with Gasteiger partial charge in [0.2, 0.25) is 0 Å². The second-order valence-electron chi connectivity index (χ2n) is 7.15. The van der Waals surface area contributed by atoms with Gasteiger partial charge in [-0.25, -0.2) is 9.67 Å². The van der Waals surface area contributed by atoms with Crippen LogP contribution >= 0.6 is 0 Å². The van der Waals surface area contributed by atoms with Crippen LogP contribution in [-0.2, 0) is 0 Å². The summed E-state index contributed by atoms with van der Waals surface area (Å²) in [6.07, 6.45) is 3.29. The van der Waals surface area contributed by atoms with Crippen LogP contribution in [0.5, 0.6) is 0 Å². The first-order valence-electron chi connectivity index (χ1n) is 9.25. The predicted molar refractivity (Wildman–Crippen MR) is 109 cm³/mol. The average Bonchev–Trinajstić information content (AvgIpc) is 3.34. The van der Waals surface area contributed by atoms with Crippen LogP contribution in [0.3, 0.4) is 0 Å². The molecule has 4 aromatic rings. The maximum atomic E-state index is 13.2. The van der Waals surface area contributed by atoms with Gasteiger partial charge in [-0.05, 0) is 63.1 Å². The van der Waals surface area contributed by atoms with Crippen LogP contribution in [0.25, 0.3) is 22.5 Å². The number of furan rings is 1. The van der Waals surface area contributed by atoms with Gasteiger partial charge in [0.05, 0.1) is 23.4 Å². The molecule has 0 fully saturated rings. The predicted octanol–water partition coefficient (Wildman–Crippen LogP) is 5.14. The Labute approximate surface area is 163 Å². The van der Waals surface area contributed by atoms with E-state index in [2.05, 4.69) is 10.4 Å². The van der Waals surface area contributed by atoms with Crippen molar-refractivity contribution >= 4 is 22.6 Å². The molecule has 0 radical (unpaired) electrons. The summed E-state index contributed by atoms with van der Waals surface area (Å²) < 4.78 is 7.33. The molecule has 1 amide bonds. The van der Waals surface area contributed by atoms with Crippen molar-refractivity contribution in [1.29, 1.82) is 0 Å². The molecule has 6 heteroatoms. The van der Waals surface area contributed by atoms with Gasteiger partial charge in [0.15, 0.2) is 11.4 Å². The van der Waals surface area contributed by atoms with Gasteiger partial charge in [-0.3, -0.25) is 4.79 Å². The lowest BCUT2D eigenvalue weighted by molar-refractivity contribution is 0.102. The summed E-state index contributed by atoms with van der Waals surface area (Å²) in [5, 5.41) is 8.19. The van der Waals surface area contributed by atoms with Crippen molar-refractivity contribution in [3.8, 4) is 11.5 Å². The minimum Gasteiger partial charge on any atom is -0.463 e. The summed E-state index contributed by atoms with van der Waals surface area (Å²) in [6.45, 7) is 8.09. The van der Waals surface area contributed by atoms with E-state index in [1.807, 2.05) is 56.6 Å². The molecule has 0 atom stereocenters. The lowest BCUT2D eigenvalue weighted by atomic mass is 10.1. The van der Waals surface area contributed by atoms with E-state index >= 15 is 0 Å². The van der Waals surface area contributed by atoms with Crippen molar-refractivity contribution in [3.05, 3.63) is 65.5 Å². The highest BCUT2D eigenvalue weighted by molar-refractivity contribution is 6.12. The molecule has 0 unspecified atom stereocenters. The van der Waals surface area contributed by atoms with Crippen molar-refractivity contribution in [2.24, 2.45) is 0 Å². The fraction of sp³-hybridized carbons (Fsp3) is 0.227. The molecular weight excluding hydrogens is 352 g/mol. The number of benzene rings is 1. The number of carbonyl (C=O) groups is 1. The molecule has 0 aliphatic carbocycles. The summed E-state index contributed by atoms with van der Waals surface area (Å²) in [5.74, 6) is 0.413. The van der Waals surface area contributed by atoms with Gasteiger partial charge >= 0.3 is 0 Å². The summed E-state index contributed by atoms with van der Waals surface area (Å²) in [5.41, 5.74) is 4.75. The molecule has 3 aromatic heterocycles. The third-order valence-electron chi connectivity index (χ3n) is 4.93. The first-order valence-corrected chi connectivity index (χ1v) is 9.25. The maximum Gasteiger partial charge on any atom is 0.256 e. The van der Waals surface area contributed by atoms with Crippen molar-refractivity contribution in [1.82, 2.24) is 14.8 Å². The van der Waals surface area contributed by atoms with Crippen LogP contribution in [0, 0.1) is 13.8 Å². The molecule has 0 aliphatic heterocycles. The molecule has 142 valence electrons. The van der Waals surface area contributed by atoms with Gasteiger partial charge < -0.3 is 9.73 Å². The summed E-state index contributed by atoms with van der Waals surface area (Å²) >= 11 is 0. The van der Waals surface area contributed by atoms with Gasteiger partial charge in [-0.15, -0.1) is 0 Å². The number of nitrogens with one attached hydrogen (secondary N) is 1. The van der Waals surface area contributed by atoms with Crippen LogP contribution < -0.4 is 5.32 Å². The summed E-state index contributed by atoms with van der Waals surface area (Å²) in [7, 11) is 0. The summed E-state index contributed by atoms with van der Waals surface area (Å²) in [4.78, 5) is 17.9. The van der Waals surface area contributed by atoms with Crippen LogP contribution in [-0.4, -0.2) is 20.7 Å². The number of hydrogen-bond acceptors (Lipinski definition) is 4. The molecule has 6 nitrogen and oxygen atoms in total. The Hall–Kier alpha value is -3.41. The molecule has 4 rings (SSSR count). The quantitative estimate of drug-likeness (QED) is 0.537. The minimum atomic E-state index is -0.197. The highest BCUT2D eigenvalue weighted by atomic mass is 16.3. The Bertz CT molecular complexity index is 1160. The highest BCUT2D eigenvalue weighted by Crippen LogP contribution is 2.28. The lowest BCUT2D eigenvalue weighted by Gasteiger charge is -2.12. The molecule has 1 aromatic carbocycles. The molecule has 0 spiro atoms. The van der Waals surface area contributed by atoms with Gasteiger partial charge in [-0.1, -0.05) is 12.1 Å². The van der Waals surface area contributed by atoms with Crippen LogP contribution in [0.15, 0.2) is 53.3 Å². The van der Waals surface area contributed by atoms with E-state index in [1.54, 1.807) is 24.6 Å². The normalized spacial score (nSPS) is 11.3. The number of amides is 1. The van der Waals surface area contributed by atoms with E-state index in [1.165, 1.54) is 0 Å². The largest absolute Gasteiger partial charge is 0.463 e. The fourth-order valence-electron chi connectivity index (χ4n) is 3.21. The number of pyridine rings is 1. The molecule has 0 aliphatic rings. The van der Waals surface area contributed by atoms with Crippen LogP contribution in [0.2, 0.25) is 0 Å². The Morgan fingerprint density at radius 2 is 2.00 bits per heavy atom. The van der Waals surface area contributed by atoms with Gasteiger partial charge in [0.25, 0.3) is 5.91 Å². The first kappa shape index (κ1) is 18.0. The Kier molecular flexibility index (Phi) is 4.47. The Balaban J connectivity index is 1.85. The molecule has 0 saturated carbocycles. The van der Waals surface area contributed by atoms with Gasteiger partial charge in [-0.2, -0.15) is 5.10 Å². The van der Waals surface area contributed by atoms with Gasteiger partial charge in [0, 0.05) is 11.7 Å². The van der Waals surface area contributed by atoms with E-state index in [9.17, 15) is 4.79 Å². The number of carbonyl (C=O) groups excluding carboxylic acids is 1. The monoisotopic (exact) mass is 374 g/mol. The fourth-order valence-corrected chi connectivity index (χ4v) is 3.21. The van der Waals surface area contributed by atoms with Crippen molar-refractivity contribution in [2.75, 3.05) is 5.32 Å². The SMILES string of the molecule is Cc1cccc(NC(=O)c2cc(-c3ccco3)nc3c2cnn3C(C)C)c1C. The molecule has 28 heavy (non-hydrogen) atoms. The van der Waals surface area contributed by atoms with E-state index in [-0.39, 0.29) is 11.9 Å². The maximum absolute atomic E-state index is 13.2. The average molecular weight is 374 g/mol. The van der Waals surface area contributed by atoms with E-state index in [0.29, 0.717) is 28.1 Å². The van der Waals surface area contributed by atoms with E-state index in [4.69, 9.17) is 9.40 Å². The van der Waals surface area contributed by atoms with E-state index < -0.39 is 0 Å². The number of fused-ring (bicyclic) bond motifs is 1. The molecule has 0 saturated heterocycles. The number of nitrogens with zero attached hydrogens (tertiary/aromatic N) is 3. The zero-order valence-electron chi connectivity index (χ0n) is 16.4. The zero-order valence-corrected chi connectivity index (χ0v) is 16.4. The topological polar surface area (TPSA) is 73.0 Å². The second-order valence-corrected chi connectivity index (χ2v) is 7.15. The zero-order chi connectivity index (χ0) is 19.8. The third-order valence-corrected chi connectivity index (χ3v) is 4.93. The highest BCUT2D eigenvalue weighted by Gasteiger charge is 2.20. The van der Waals surface area contributed by atoms with E-state index in [0.717, 1.165) is 16.8 Å². The molecule has 3 heterocycles. The number of aromatic nitrogens is 3. The van der Waals surface area contributed by atoms with Crippen molar-refractivity contribution in [2.45, 2.75) is 33.7 Å². The lowest BCUT2D eigenvalue weighted by Crippen LogP contribution is -2.14. The van der Waals surface area contributed by atoms with Crippen LogP contribution in [0.1, 0.15) is 41.4 Å². The Morgan fingerprint density at radius 1 is 1.18 bits per heavy atom. The standard InChI is InChI=1S/C22H22N4O2/c1-13(2)26-21-17(12-23-26)16(11-19(24-21)20-9-6-10-28-20)22(27)25-18-8-5-7-14(3)15(18)4/h5-13H,1-4H3,(H,25,27). The first-order chi connectivity index (χ1) is 13.5. The molecular formula is C22H22N4O2. The van der Waals surface area contributed by atoms with Gasteiger partial charge in [0.1, 0.15) is 5.69 Å².